The first-order valence-corrected chi connectivity index (χ1v) is 18.1. The number of carbonyl (C=O) groups excluding carboxylic acids is 8. The number of aromatic nitrogens is 2. The molecule has 0 saturated carbocycles. The molecule has 0 bridgehead atoms. The predicted octanol–water partition coefficient (Wildman–Crippen LogP) is -6.60. The molecule has 1 aromatic rings. The topological polar surface area (TPSA) is 423 Å². The monoisotopic (exact) mass is 824 g/mol. The fourth-order valence-electron chi connectivity index (χ4n) is 4.94. The highest BCUT2D eigenvalue weighted by Gasteiger charge is 2.32. The number of primary amides is 1. The summed E-state index contributed by atoms with van der Waals surface area (Å²) in [6.45, 7) is 4.42. The standard InChI is InChI=1S/C33H56N14O11/c1-15(2)8-20(44-26(51)16(3)34)30(55)46-22(10-24(35)49)27(52)40-12-25(50)43-19(6-5-7-39-33(36)37)28(53)47-23(13-48)31(56)45-21(9-18-11-38-14-41-18)29(54)42-17(4)32(57)58/h11,14-17,19-23,48H,5-10,12-13,34H2,1-4H3,(H2,35,49)(H,38,41)(H,40,52)(H,42,54)(H,43,50)(H,44,51)(H,45,56)(H,46,55)(H,47,53)(H,57,58)(H4,36,37,39)/t16-,17-,19-,20-,21-,22-,23-/m0/s1. The Kier molecular flexibility index (Phi) is 21.4. The van der Waals surface area contributed by atoms with Gasteiger partial charge in [-0.2, -0.15) is 0 Å². The van der Waals surface area contributed by atoms with Crippen LogP contribution >= 0.6 is 0 Å². The van der Waals surface area contributed by atoms with Crippen molar-refractivity contribution >= 4 is 59.2 Å². The van der Waals surface area contributed by atoms with Crippen molar-refractivity contribution in [1.29, 1.82) is 0 Å². The normalized spacial score (nSPS) is 14.5. The Morgan fingerprint density at radius 3 is 1.86 bits per heavy atom. The summed E-state index contributed by atoms with van der Waals surface area (Å²) in [5.41, 5.74) is 22.0. The summed E-state index contributed by atoms with van der Waals surface area (Å²) in [6, 6.07) is -9.49. The highest BCUT2D eigenvalue weighted by atomic mass is 16.4. The lowest BCUT2D eigenvalue weighted by Crippen LogP contribution is -2.59. The summed E-state index contributed by atoms with van der Waals surface area (Å²) < 4.78 is 0. The molecule has 0 saturated heterocycles. The van der Waals surface area contributed by atoms with Crippen LogP contribution in [0.25, 0.3) is 0 Å². The van der Waals surface area contributed by atoms with Gasteiger partial charge in [-0.05, 0) is 39.0 Å². The number of aliphatic hydroxyl groups is 1. The fraction of sp³-hybridized carbons (Fsp3) is 0.606. The lowest BCUT2D eigenvalue weighted by Gasteiger charge is -2.25. The number of hydrogen-bond acceptors (Lipinski definition) is 13. The Morgan fingerprint density at radius 1 is 0.759 bits per heavy atom. The number of aromatic amines is 1. The van der Waals surface area contributed by atoms with E-state index in [1.54, 1.807) is 13.8 Å². The number of carbonyl (C=O) groups is 9. The maximum atomic E-state index is 13.4. The van der Waals surface area contributed by atoms with E-state index in [4.69, 9.17) is 22.9 Å². The van der Waals surface area contributed by atoms with Crippen LogP contribution in [0.2, 0.25) is 0 Å². The van der Waals surface area contributed by atoms with Gasteiger partial charge in [0.05, 0.1) is 31.9 Å². The summed E-state index contributed by atoms with van der Waals surface area (Å²) >= 11 is 0. The zero-order chi connectivity index (χ0) is 44.1. The molecule has 7 atom stereocenters. The van der Waals surface area contributed by atoms with Gasteiger partial charge in [0.25, 0.3) is 0 Å². The maximum Gasteiger partial charge on any atom is 0.325 e. The lowest BCUT2D eigenvalue weighted by atomic mass is 10.0. The van der Waals surface area contributed by atoms with Crippen LogP contribution in [0.5, 0.6) is 0 Å². The lowest BCUT2D eigenvalue weighted by molar-refractivity contribution is -0.141. The van der Waals surface area contributed by atoms with Crippen molar-refractivity contribution in [3.63, 3.8) is 0 Å². The first-order chi connectivity index (χ1) is 27.1. The molecule has 58 heavy (non-hydrogen) atoms. The number of nitrogens with zero attached hydrogens (tertiary/aromatic N) is 2. The average Bonchev–Trinajstić information content (AvgIpc) is 3.65. The molecular formula is C33H56N14O11. The van der Waals surface area contributed by atoms with Crippen LogP contribution in [-0.2, 0) is 49.6 Å². The van der Waals surface area contributed by atoms with Crippen LogP contribution in [0.4, 0.5) is 0 Å². The van der Waals surface area contributed by atoms with Crippen molar-refractivity contribution in [3.05, 3.63) is 18.2 Å². The third-order valence-corrected chi connectivity index (χ3v) is 7.97. The van der Waals surface area contributed by atoms with Crippen molar-refractivity contribution in [2.24, 2.45) is 33.8 Å². The van der Waals surface area contributed by atoms with Gasteiger partial charge in [0.15, 0.2) is 5.96 Å². The first kappa shape index (κ1) is 49.6. The van der Waals surface area contributed by atoms with E-state index in [1.807, 2.05) is 0 Å². The molecule has 0 radical (unpaired) electrons. The Bertz CT molecular complexity index is 1620. The Labute approximate surface area is 333 Å². The molecule has 0 aliphatic rings. The first-order valence-electron chi connectivity index (χ1n) is 18.1. The van der Waals surface area contributed by atoms with E-state index < -0.39 is 115 Å². The van der Waals surface area contributed by atoms with Crippen LogP contribution < -0.4 is 60.2 Å². The maximum absolute atomic E-state index is 13.4. The number of nitrogens with two attached hydrogens (primary N) is 4. The zero-order valence-corrected chi connectivity index (χ0v) is 32.7. The number of aliphatic imine (C=N–C) groups is 1. The second-order valence-electron chi connectivity index (χ2n) is 13.7. The van der Waals surface area contributed by atoms with Gasteiger partial charge in [0.1, 0.15) is 36.3 Å². The molecule has 0 unspecified atom stereocenters. The minimum absolute atomic E-state index is 0.0126. The summed E-state index contributed by atoms with van der Waals surface area (Å²) in [5.74, 6) is -9.02. The number of rotatable bonds is 26. The van der Waals surface area contributed by atoms with Gasteiger partial charge in [0.2, 0.25) is 47.3 Å². The van der Waals surface area contributed by atoms with E-state index in [2.05, 4.69) is 52.2 Å². The average molecular weight is 825 g/mol. The van der Waals surface area contributed by atoms with Crippen LogP contribution in [0, 0.1) is 5.92 Å². The number of carboxylic acid groups (broad SMARTS) is 1. The summed E-state index contributed by atoms with van der Waals surface area (Å²) in [6.07, 6.45) is 1.93. The second kappa shape index (κ2) is 25.0. The van der Waals surface area contributed by atoms with Crippen LogP contribution in [0.1, 0.15) is 59.1 Å². The molecular weight excluding hydrogens is 768 g/mol. The van der Waals surface area contributed by atoms with E-state index in [-0.39, 0.29) is 44.1 Å². The highest BCUT2D eigenvalue weighted by molar-refractivity contribution is 5.97. The zero-order valence-electron chi connectivity index (χ0n) is 32.7. The minimum Gasteiger partial charge on any atom is -0.480 e. The largest absolute Gasteiger partial charge is 0.480 e. The number of amides is 8. The van der Waals surface area contributed by atoms with Gasteiger partial charge in [-0.1, -0.05) is 13.8 Å². The molecule has 324 valence electrons. The number of carboxylic acids is 1. The summed E-state index contributed by atoms with van der Waals surface area (Å²) in [4.78, 5) is 125. The number of imidazole rings is 1. The predicted molar refractivity (Wildman–Crippen MR) is 204 cm³/mol. The van der Waals surface area contributed by atoms with Crippen LogP contribution in [0.15, 0.2) is 17.5 Å². The van der Waals surface area contributed by atoms with Gasteiger partial charge in [-0.15, -0.1) is 0 Å². The molecule has 1 heterocycles. The van der Waals surface area contributed by atoms with Crippen LogP contribution in [-0.4, -0.2) is 141 Å². The Balaban J connectivity index is 3.13. The van der Waals surface area contributed by atoms with E-state index in [0.29, 0.717) is 5.69 Å². The van der Waals surface area contributed by atoms with E-state index in [0.717, 1.165) is 0 Å². The van der Waals surface area contributed by atoms with Crippen LogP contribution in [0.3, 0.4) is 0 Å². The molecule has 1 rings (SSSR count). The fourth-order valence-corrected chi connectivity index (χ4v) is 4.94. The molecule has 25 heteroatoms. The molecule has 18 N–H and O–H groups in total. The van der Waals surface area contributed by atoms with Gasteiger partial charge < -0.3 is 75.3 Å². The number of guanidine groups is 1. The SMILES string of the molecule is CC(C)C[C@H](NC(=O)[C@H](C)N)C(=O)N[C@@H](CC(N)=O)C(=O)NCC(=O)N[C@@H](CCCN=C(N)N)C(=O)N[C@@H](CO)C(=O)N[C@@H](Cc1cnc[nH]1)C(=O)N[C@@H](C)C(=O)O. The highest BCUT2D eigenvalue weighted by Crippen LogP contribution is 2.07. The molecule has 1 aromatic heterocycles. The second-order valence-corrected chi connectivity index (χ2v) is 13.7. The van der Waals surface area contributed by atoms with Gasteiger partial charge in [-0.25, -0.2) is 4.98 Å². The Morgan fingerprint density at radius 2 is 1.33 bits per heavy atom. The minimum atomic E-state index is -1.69. The quantitative estimate of drug-likeness (QED) is 0.0235. The van der Waals surface area contributed by atoms with Gasteiger partial charge in [-0.3, -0.25) is 48.1 Å². The van der Waals surface area contributed by atoms with E-state index in [9.17, 15) is 53.4 Å². The number of aliphatic hydroxyl groups excluding tert-OH is 1. The van der Waals surface area contributed by atoms with Gasteiger partial charge in [0, 0.05) is 24.9 Å². The molecule has 25 nitrogen and oxygen atoms in total. The summed E-state index contributed by atoms with van der Waals surface area (Å²) in [5, 5.41) is 35.6. The van der Waals surface area contributed by atoms with Crippen molar-refractivity contribution in [3.8, 4) is 0 Å². The van der Waals surface area contributed by atoms with E-state index >= 15 is 0 Å². The molecule has 8 amide bonds. The molecule has 0 spiro atoms. The Hall–Kier alpha value is -6.37. The molecule has 0 aromatic carbocycles. The van der Waals surface area contributed by atoms with Crippen molar-refractivity contribution < 1.29 is 53.4 Å². The molecule has 0 aliphatic heterocycles. The molecule has 0 fully saturated rings. The third-order valence-electron chi connectivity index (χ3n) is 7.97. The van der Waals surface area contributed by atoms with Crippen molar-refractivity contribution in [2.45, 2.75) is 102 Å². The van der Waals surface area contributed by atoms with Crippen molar-refractivity contribution in [1.82, 2.24) is 47.2 Å². The summed E-state index contributed by atoms with van der Waals surface area (Å²) in [7, 11) is 0. The smallest absolute Gasteiger partial charge is 0.325 e. The third kappa shape index (κ3) is 19.0. The van der Waals surface area contributed by atoms with Crippen molar-refractivity contribution in [2.75, 3.05) is 19.7 Å². The number of aliphatic carboxylic acids is 1. The van der Waals surface area contributed by atoms with E-state index in [1.165, 1.54) is 26.4 Å². The number of nitrogens with one attached hydrogen (secondary N) is 8. The van der Waals surface area contributed by atoms with Gasteiger partial charge >= 0.3 is 5.97 Å². The molecule has 0 aliphatic carbocycles. The number of H-pyrrole nitrogens is 1. The number of hydrogen-bond donors (Lipinski definition) is 14.